The maximum absolute atomic E-state index is 11.4. The first kappa shape index (κ1) is 11.2. The number of benzene rings is 1. The van der Waals surface area contributed by atoms with Crippen molar-refractivity contribution in [2.75, 3.05) is 0 Å². The highest BCUT2D eigenvalue weighted by atomic mass is 16.4. The molecule has 0 radical (unpaired) electrons. The number of para-hydroxylation sites is 1. The number of aliphatic carboxylic acids is 1. The minimum absolute atomic E-state index is 0.266. The SMILES string of the molecule is O=C(O)C1(c2cnc3ccccc3c2)CC(O)C1. The first-order valence-corrected chi connectivity index (χ1v) is 5.88. The van der Waals surface area contributed by atoms with E-state index in [9.17, 15) is 15.0 Å². The van der Waals surface area contributed by atoms with E-state index >= 15 is 0 Å². The zero-order chi connectivity index (χ0) is 12.8. The van der Waals surface area contributed by atoms with Gasteiger partial charge in [-0.2, -0.15) is 0 Å². The molecule has 1 aliphatic rings. The summed E-state index contributed by atoms with van der Waals surface area (Å²) in [6.45, 7) is 0. The fourth-order valence-corrected chi connectivity index (χ4v) is 2.61. The molecule has 1 fully saturated rings. The molecule has 4 nitrogen and oxygen atoms in total. The van der Waals surface area contributed by atoms with Crippen LogP contribution in [-0.4, -0.2) is 27.3 Å². The average molecular weight is 243 g/mol. The maximum Gasteiger partial charge on any atom is 0.314 e. The van der Waals surface area contributed by atoms with Gasteiger partial charge in [-0.05, 0) is 30.5 Å². The zero-order valence-electron chi connectivity index (χ0n) is 9.71. The minimum Gasteiger partial charge on any atom is -0.481 e. The van der Waals surface area contributed by atoms with E-state index in [0.717, 1.165) is 10.9 Å². The highest BCUT2D eigenvalue weighted by molar-refractivity contribution is 5.86. The van der Waals surface area contributed by atoms with Crippen LogP contribution < -0.4 is 0 Å². The van der Waals surface area contributed by atoms with Crippen LogP contribution in [0.1, 0.15) is 18.4 Å². The number of aliphatic hydroxyl groups excluding tert-OH is 1. The molecule has 1 aromatic heterocycles. The summed E-state index contributed by atoms with van der Waals surface area (Å²) in [4.78, 5) is 15.7. The van der Waals surface area contributed by atoms with Crippen LogP contribution in [0.25, 0.3) is 10.9 Å². The van der Waals surface area contributed by atoms with Gasteiger partial charge >= 0.3 is 5.97 Å². The molecule has 0 aliphatic heterocycles. The second kappa shape index (κ2) is 3.78. The van der Waals surface area contributed by atoms with Crippen molar-refractivity contribution in [1.29, 1.82) is 0 Å². The van der Waals surface area contributed by atoms with Crippen molar-refractivity contribution < 1.29 is 15.0 Å². The summed E-state index contributed by atoms with van der Waals surface area (Å²) >= 11 is 0. The van der Waals surface area contributed by atoms with E-state index < -0.39 is 17.5 Å². The van der Waals surface area contributed by atoms with E-state index in [2.05, 4.69) is 4.98 Å². The summed E-state index contributed by atoms with van der Waals surface area (Å²) in [7, 11) is 0. The quantitative estimate of drug-likeness (QED) is 0.842. The van der Waals surface area contributed by atoms with Crippen molar-refractivity contribution in [3.8, 4) is 0 Å². The van der Waals surface area contributed by atoms with Gasteiger partial charge in [0.25, 0.3) is 0 Å². The highest BCUT2D eigenvalue weighted by Gasteiger charge is 2.51. The largest absolute Gasteiger partial charge is 0.481 e. The number of rotatable bonds is 2. The summed E-state index contributed by atoms with van der Waals surface area (Å²) in [6.07, 6.45) is 1.63. The van der Waals surface area contributed by atoms with Crippen molar-refractivity contribution in [3.63, 3.8) is 0 Å². The van der Waals surface area contributed by atoms with Crippen LogP contribution in [0.15, 0.2) is 36.5 Å². The minimum atomic E-state index is -0.962. The Morgan fingerprint density at radius 1 is 1.33 bits per heavy atom. The second-order valence-corrected chi connectivity index (χ2v) is 4.87. The normalized spacial score (nSPS) is 26.8. The van der Waals surface area contributed by atoms with E-state index in [1.807, 2.05) is 30.3 Å². The molecule has 1 aliphatic carbocycles. The fraction of sp³-hybridized carbons (Fsp3) is 0.286. The molecule has 0 bridgehead atoms. The van der Waals surface area contributed by atoms with Crippen molar-refractivity contribution in [3.05, 3.63) is 42.1 Å². The number of fused-ring (bicyclic) bond motifs is 1. The van der Waals surface area contributed by atoms with Crippen LogP contribution in [0.4, 0.5) is 0 Å². The van der Waals surface area contributed by atoms with Crippen LogP contribution in [0.3, 0.4) is 0 Å². The first-order chi connectivity index (χ1) is 8.62. The van der Waals surface area contributed by atoms with Gasteiger partial charge in [-0.1, -0.05) is 18.2 Å². The number of carboxylic acid groups (broad SMARTS) is 1. The number of hydrogen-bond acceptors (Lipinski definition) is 3. The van der Waals surface area contributed by atoms with Crippen molar-refractivity contribution in [2.45, 2.75) is 24.4 Å². The Kier molecular flexibility index (Phi) is 2.35. The predicted molar refractivity (Wildman–Crippen MR) is 66.3 cm³/mol. The summed E-state index contributed by atoms with van der Waals surface area (Å²) in [5.41, 5.74) is 0.567. The third-order valence-electron chi connectivity index (χ3n) is 3.72. The highest BCUT2D eigenvalue weighted by Crippen LogP contribution is 2.44. The van der Waals surface area contributed by atoms with Gasteiger partial charge in [-0.15, -0.1) is 0 Å². The third-order valence-corrected chi connectivity index (χ3v) is 3.72. The lowest BCUT2D eigenvalue weighted by atomic mass is 9.63. The van der Waals surface area contributed by atoms with Crippen LogP contribution in [-0.2, 0) is 10.2 Å². The van der Waals surface area contributed by atoms with Crippen molar-refractivity contribution >= 4 is 16.9 Å². The van der Waals surface area contributed by atoms with E-state index in [0.29, 0.717) is 5.56 Å². The number of carboxylic acids is 1. The number of aromatic nitrogens is 1. The number of aliphatic hydroxyl groups is 1. The number of carbonyl (C=O) groups is 1. The Balaban J connectivity index is 2.11. The lowest BCUT2D eigenvalue weighted by Crippen LogP contribution is -2.50. The van der Waals surface area contributed by atoms with Gasteiger partial charge in [0.15, 0.2) is 0 Å². The summed E-state index contributed by atoms with van der Waals surface area (Å²) in [5, 5.41) is 19.7. The molecule has 2 N–H and O–H groups in total. The molecule has 1 heterocycles. The fourth-order valence-electron chi connectivity index (χ4n) is 2.61. The molecule has 0 spiro atoms. The van der Waals surface area contributed by atoms with Crippen LogP contribution >= 0.6 is 0 Å². The van der Waals surface area contributed by atoms with Gasteiger partial charge in [0.05, 0.1) is 17.0 Å². The van der Waals surface area contributed by atoms with Crippen molar-refractivity contribution in [1.82, 2.24) is 4.98 Å². The zero-order valence-corrected chi connectivity index (χ0v) is 9.71. The Bertz CT molecular complexity index is 617. The van der Waals surface area contributed by atoms with Gasteiger partial charge in [-0.25, -0.2) is 0 Å². The number of pyridine rings is 1. The first-order valence-electron chi connectivity index (χ1n) is 5.88. The Hall–Kier alpha value is -1.94. The number of hydrogen-bond donors (Lipinski definition) is 2. The molecule has 2 aromatic rings. The molecule has 3 rings (SSSR count). The third kappa shape index (κ3) is 1.49. The molecule has 0 atom stereocenters. The summed E-state index contributed by atoms with van der Waals surface area (Å²) < 4.78 is 0. The molecule has 0 unspecified atom stereocenters. The predicted octanol–water partition coefficient (Wildman–Crippen LogP) is 1.71. The number of nitrogens with zero attached hydrogens (tertiary/aromatic N) is 1. The monoisotopic (exact) mass is 243 g/mol. The van der Waals surface area contributed by atoms with E-state index in [1.165, 1.54) is 0 Å². The van der Waals surface area contributed by atoms with E-state index in [-0.39, 0.29) is 12.8 Å². The lowest BCUT2D eigenvalue weighted by Gasteiger charge is -2.41. The molecular weight excluding hydrogens is 230 g/mol. The second-order valence-electron chi connectivity index (χ2n) is 4.87. The van der Waals surface area contributed by atoms with Gasteiger partial charge < -0.3 is 10.2 Å². The average Bonchev–Trinajstić information content (AvgIpc) is 2.34. The topological polar surface area (TPSA) is 70.4 Å². The Morgan fingerprint density at radius 2 is 2.06 bits per heavy atom. The molecular formula is C14H13NO3. The van der Waals surface area contributed by atoms with Crippen LogP contribution in [0.5, 0.6) is 0 Å². The Labute approximate surface area is 104 Å². The molecule has 1 aromatic carbocycles. The summed E-state index contributed by atoms with van der Waals surface area (Å²) in [5.74, 6) is -0.884. The molecule has 18 heavy (non-hydrogen) atoms. The van der Waals surface area contributed by atoms with Crippen molar-refractivity contribution in [2.24, 2.45) is 0 Å². The van der Waals surface area contributed by atoms with Gasteiger partial charge in [0.1, 0.15) is 0 Å². The Morgan fingerprint density at radius 3 is 2.72 bits per heavy atom. The molecule has 92 valence electrons. The summed E-state index contributed by atoms with van der Waals surface area (Å²) in [6, 6.07) is 9.47. The van der Waals surface area contributed by atoms with Crippen LogP contribution in [0, 0.1) is 0 Å². The van der Waals surface area contributed by atoms with Gasteiger partial charge in [0.2, 0.25) is 0 Å². The maximum atomic E-state index is 11.4. The smallest absolute Gasteiger partial charge is 0.314 e. The van der Waals surface area contributed by atoms with E-state index in [1.54, 1.807) is 6.20 Å². The molecule has 1 saturated carbocycles. The molecule has 4 heteroatoms. The standard InChI is InChI=1S/C14H13NO3/c16-11-6-14(7-11,13(17)18)10-5-9-3-1-2-4-12(9)15-8-10/h1-5,8,11,16H,6-7H2,(H,17,18). The van der Waals surface area contributed by atoms with Crippen LogP contribution in [0.2, 0.25) is 0 Å². The van der Waals surface area contributed by atoms with Gasteiger partial charge in [0, 0.05) is 11.6 Å². The van der Waals surface area contributed by atoms with Gasteiger partial charge in [-0.3, -0.25) is 9.78 Å². The lowest BCUT2D eigenvalue weighted by molar-refractivity contribution is -0.152. The molecule has 0 saturated heterocycles. The van der Waals surface area contributed by atoms with E-state index in [4.69, 9.17) is 0 Å². The molecule has 0 amide bonds.